The maximum Gasteiger partial charge on any atom is 0.273 e. The minimum absolute atomic E-state index is 0.0505. The Bertz CT molecular complexity index is 826. The van der Waals surface area contributed by atoms with E-state index in [1.54, 1.807) is 22.9 Å². The average Bonchev–Trinajstić information content (AvgIpc) is 3.37. The lowest BCUT2D eigenvalue weighted by atomic mass is 10.2. The van der Waals surface area contributed by atoms with Gasteiger partial charge in [0.15, 0.2) is 12.3 Å². The minimum Gasteiger partial charge on any atom is -0.484 e. The molecule has 0 aliphatic carbocycles. The van der Waals surface area contributed by atoms with Gasteiger partial charge in [-0.3, -0.25) is 9.59 Å². The lowest BCUT2D eigenvalue weighted by molar-refractivity contribution is -0.134. The van der Waals surface area contributed by atoms with Crippen molar-refractivity contribution in [2.75, 3.05) is 33.4 Å². The third-order valence-electron chi connectivity index (χ3n) is 4.63. The maximum atomic E-state index is 12.9. The van der Waals surface area contributed by atoms with E-state index in [-0.39, 0.29) is 36.0 Å². The highest BCUT2D eigenvalue weighted by Gasteiger charge is 2.29. The number of benzene rings is 1. The highest BCUT2D eigenvalue weighted by molar-refractivity contribution is 5.91. The maximum absolute atomic E-state index is 12.9. The molecule has 2 amide bonds. The Hall–Kier alpha value is -3.01. The van der Waals surface area contributed by atoms with Crippen molar-refractivity contribution in [3.63, 3.8) is 0 Å². The molecule has 156 valence electrons. The first-order valence-corrected chi connectivity index (χ1v) is 9.42. The first kappa shape index (κ1) is 20.7. The highest BCUT2D eigenvalue weighted by Crippen LogP contribution is 2.19. The predicted molar refractivity (Wildman–Crippen MR) is 101 cm³/mol. The largest absolute Gasteiger partial charge is 0.484 e. The topological polar surface area (TPSA) is 98.6 Å². The molecular formula is C19H24FN5O4. The molecule has 1 aromatic heterocycles. The quantitative estimate of drug-likeness (QED) is 0.622. The van der Waals surface area contributed by atoms with Gasteiger partial charge in [0.05, 0.1) is 25.4 Å². The van der Waals surface area contributed by atoms with Gasteiger partial charge in [-0.15, -0.1) is 5.10 Å². The first-order chi connectivity index (χ1) is 14.1. The van der Waals surface area contributed by atoms with Gasteiger partial charge in [-0.1, -0.05) is 5.21 Å². The standard InChI is InChI=1S/C19H24FN5O4/c1-28-10-8-21-19(27)17-12-24(23-22-17)11-15-3-2-9-25(15)18(26)13-29-16-6-4-14(20)5-7-16/h4-7,12,15H,2-3,8-11,13H2,1H3,(H,21,27). The Labute approximate surface area is 167 Å². The zero-order chi connectivity index (χ0) is 20.6. The SMILES string of the molecule is COCCNC(=O)c1cn(CC2CCCN2C(=O)COc2ccc(F)cc2)nn1. The number of methoxy groups -OCH3 is 1. The van der Waals surface area contributed by atoms with Crippen molar-refractivity contribution in [3.05, 3.63) is 42.0 Å². The molecule has 1 unspecified atom stereocenters. The second-order valence-corrected chi connectivity index (χ2v) is 6.70. The van der Waals surface area contributed by atoms with Crippen LogP contribution in [0.5, 0.6) is 5.75 Å². The summed E-state index contributed by atoms with van der Waals surface area (Å²) in [5.41, 5.74) is 0.219. The molecule has 0 bridgehead atoms. The van der Waals surface area contributed by atoms with Gasteiger partial charge < -0.3 is 19.7 Å². The van der Waals surface area contributed by atoms with E-state index in [1.165, 1.54) is 24.3 Å². The summed E-state index contributed by atoms with van der Waals surface area (Å²) in [4.78, 5) is 26.3. The molecule has 1 saturated heterocycles. The van der Waals surface area contributed by atoms with E-state index in [4.69, 9.17) is 9.47 Å². The van der Waals surface area contributed by atoms with E-state index in [9.17, 15) is 14.0 Å². The van der Waals surface area contributed by atoms with Crippen LogP contribution in [0.4, 0.5) is 4.39 Å². The second-order valence-electron chi connectivity index (χ2n) is 6.70. The molecule has 0 radical (unpaired) electrons. The summed E-state index contributed by atoms with van der Waals surface area (Å²) < 4.78 is 24.9. The van der Waals surface area contributed by atoms with Crippen molar-refractivity contribution in [1.29, 1.82) is 0 Å². The molecule has 0 saturated carbocycles. The van der Waals surface area contributed by atoms with Crippen molar-refractivity contribution in [1.82, 2.24) is 25.2 Å². The van der Waals surface area contributed by atoms with E-state index in [0.717, 1.165) is 12.8 Å². The number of nitrogens with one attached hydrogen (secondary N) is 1. The molecule has 1 aromatic carbocycles. The van der Waals surface area contributed by atoms with Gasteiger partial charge in [-0.05, 0) is 37.1 Å². The number of amides is 2. The van der Waals surface area contributed by atoms with Crippen LogP contribution in [0.15, 0.2) is 30.5 Å². The molecule has 1 fully saturated rings. The molecule has 3 rings (SSSR count). The summed E-state index contributed by atoms with van der Waals surface area (Å²) in [5, 5.41) is 10.6. The average molecular weight is 405 g/mol. The normalized spacial score (nSPS) is 16.1. The Morgan fingerprint density at radius 3 is 2.86 bits per heavy atom. The molecular weight excluding hydrogens is 381 g/mol. The number of aromatic nitrogens is 3. The van der Waals surface area contributed by atoms with Crippen molar-refractivity contribution in [2.24, 2.45) is 0 Å². The number of nitrogens with zero attached hydrogens (tertiary/aromatic N) is 4. The zero-order valence-corrected chi connectivity index (χ0v) is 16.2. The van der Waals surface area contributed by atoms with Crippen molar-refractivity contribution >= 4 is 11.8 Å². The monoisotopic (exact) mass is 405 g/mol. The van der Waals surface area contributed by atoms with Crippen molar-refractivity contribution < 1.29 is 23.5 Å². The van der Waals surface area contributed by atoms with E-state index in [1.807, 2.05) is 0 Å². The van der Waals surface area contributed by atoms with Gasteiger partial charge in [-0.2, -0.15) is 0 Å². The van der Waals surface area contributed by atoms with E-state index in [0.29, 0.717) is 32.0 Å². The molecule has 1 aliphatic heterocycles. The second kappa shape index (κ2) is 9.97. The summed E-state index contributed by atoms with van der Waals surface area (Å²) in [6.07, 6.45) is 3.28. The molecule has 9 nitrogen and oxygen atoms in total. The van der Waals surface area contributed by atoms with Gasteiger partial charge >= 0.3 is 0 Å². The summed E-state index contributed by atoms with van der Waals surface area (Å²) in [6.45, 7) is 1.77. The lowest BCUT2D eigenvalue weighted by Gasteiger charge is -2.24. The third kappa shape index (κ3) is 5.74. The van der Waals surface area contributed by atoms with Crippen LogP contribution in [0.25, 0.3) is 0 Å². The number of carbonyl (C=O) groups excluding carboxylic acids is 2. The number of hydrogen-bond donors (Lipinski definition) is 1. The van der Waals surface area contributed by atoms with E-state index in [2.05, 4.69) is 15.6 Å². The van der Waals surface area contributed by atoms with Crippen LogP contribution in [0.3, 0.4) is 0 Å². The molecule has 2 heterocycles. The van der Waals surface area contributed by atoms with Gasteiger partial charge in [0, 0.05) is 20.2 Å². The number of halogens is 1. The number of hydrogen-bond acceptors (Lipinski definition) is 6. The Morgan fingerprint density at radius 1 is 1.31 bits per heavy atom. The molecule has 10 heteroatoms. The Kier molecular flexibility index (Phi) is 7.12. The van der Waals surface area contributed by atoms with Gasteiger partial charge in [-0.25, -0.2) is 9.07 Å². The van der Waals surface area contributed by atoms with Crippen molar-refractivity contribution in [3.8, 4) is 5.75 Å². The van der Waals surface area contributed by atoms with Gasteiger partial charge in [0.1, 0.15) is 11.6 Å². The van der Waals surface area contributed by atoms with Crippen LogP contribution < -0.4 is 10.1 Å². The minimum atomic E-state index is -0.358. The molecule has 2 aromatic rings. The van der Waals surface area contributed by atoms with E-state index < -0.39 is 0 Å². The lowest BCUT2D eigenvalue weighted by Crippen LogP contribution is -2.40. The molecule has 1 aliphatic rings. The van der Waals surface area contributed by atoms with Crippen LogP contribution >= 0.6 is 0 Å². The van der Waals surface area contributed by atoms with Crippen LogP contribution in [0, 0.1) is 5.82 Å². The molecule has 1 atom stereocenters. The van der Waals surface area contributed by atoms with Crippen LogP contribution in [0.2, 0.25) is 0 Å². The van der Waals surface area contributed by atoms with Gasteiger partial charge in [0.2, 0.25) is 0 Å². The predicted octanol–water partition coefficient (Wildman–Crippen LogP) is 0.863. The summed E-state index contributed by atoms with van der Waals surface area (Å²) in [6, 6.07) is 5.49. The van der Waals surface area contributed by atoms with Crippen LogP contribution in [-0.2, 0) is 16.1 Å². The van der Waals surface area contributed by atoms with Crippen molar-refractivity contribution in [2.45, 2.75) is 25.4 Å². The summed E-state index contributed by atoms with van der Waals surface area (Å²) in [7, 11) is 1.56. The number of likely N-dealkylation sites (tertiary alicyclic amines) is 1. The fraction of sp³-hybridized carbons (Fsp3) is 0.474. The van der Waals surface area contributed by atoms with E-state index >= 15 is 0 Å². The molecule has 29 heavy (non-hydrogen) atoms. The summed E-state index contributed by atoms with van der Waals surface area (Å²) >= 11 is 0. The Balaban J connectivity index is 1.52. The first-order valence-electron chi connectivity index (χ1n) is 9.42. The number of carbonyl (C=O) groups is 2. The molecule has 0 spiro atoms. The zero-order valence-electron chi connectivity index (χ0n) is 16.2. The fourth-order valence-corrected chi connectivity index (χ4v) is 3.18. The number of ether oxygens (including phenoxy) is 2. The van der Waals surface area contributed by atoms with Gasteiger partial charge in [0.25, 0.3) is 11.8 Å². The summed E-state index contributed by atoms with van der Waals surface area (Å²) in [5.74, 6) is -0.381. The molecule has 1 N–H and O–H groups in total. The highest BCUT2D eigenvalue weighted by atomic mass is 19.1. The number of rotatable bonds is 9. The van der Waals surface area contributed by atoms with Crippen LogP contribution in [-0.4, -0.2) is 71.2 Å². The third-order valence-corrected chi connectivity index (χ3v) is 4.63. The van der Waals surface area contributed by atoms with Crippen LogP contribution in [0.1, 0.15) is 23.3 Å². The smallest absolute Gasteiger partial charge is 0.273 e. The fourth-order valence-electron chi connectivity index (χ4n) is 3.18. The Morgan fingerprint density at radius 2 is 2.10 bits per heavy atom.